The number of carboxylic acid groups (broad SMARTS) is 1. The van der Waals surface area contributed by atoms with Gasteiger partial charge in [0.15, 0.2) is 0 Å². The highest BCUT2D eigenvalue weighted by molar-refractivity contribution is 5.70. The van der Waals surface area contributed by atoms with Crippen molar-refractivity contribution in [1.82, 2.24) is 0 Å². The van der Waals surface area contributed by atoms with Gasteiger partial charge in [0, 0.05) is 0 Å². The number of benzene rings is 1. The largest absolute Gasteiger partial charge is 0.481 e. The summed E-state index contributed by atoms with van der Waals surface area (Å²) in [5, 5.41) is 8.41. The third-order valence-electron chi connectivity index (χ3n) is 1.77. The van der Waals surface area contributed by atoms with E-state index < -0.39 is 5.97 Å². The molecule has 0 heterocycles. The molecule has 0 radical (unpaired) electrons. The normalized spacial score (nSPS) is 10.3. The average Bonchev–Trinajstić information content (AvgIpc) is 2.18. The van der Waals surface area contributed by atoms with E-state index in [4.69, 9.17) is 5.11 Å². The fourth-order valence-corrected chi connectivity index (χ4v) is 1.04. The number of rotatable bonds is 4. The van der Waals surface area contributed by atoms with Crippen molar-refractivity contribution < 1.29 is 9.90 Å². The van der Waals surface area contributed by atoms with Crippen LogP contribution < -0.4 is 0 Å². The molecule has 0 spiro atoms. The van der Waals surface area contributed by atoms with Gasteiger partial charge < -0.3 is 5.11 Å². The van der Waals surface area contributed by atoms with E-state index in [2.05, 4.69) is 6.58 Å². The zero-order valence-corrected chi connectivity index (χ0v) is 7.81. The minimum atomic E-state index is -0.816. The second kappa shape index (κ2) is 5.02. The molecule has 2 nitrogen and oxygen atoms in total. The van der Waals surface area contributed by atoms with E-state index in [1.807, 2.05) is 24.3 Å². The molecule has 0 atom stereocenters. The highest BCUT2D eigenvalue weighted by Gasteiger charge is 1.90. The maximum absolute atomic E-state index is 10.2. The molecule has 0 saturated heterocycles. The Morgan fingerprint density at radius 2 is 1.86 bits per heavy atom. The van der Waals surface area contributed by atoms with Gasteiger partial charge in [-0.25, -0.2) is 0 Å². The van der Waals surface area contributed by atoms with E-state index in [1.165, 1.54) is 0 Å². The second-order valence-corrected chi connectivity index (χ2v) is 2.87. The molecule has 0 bridgehead atoms. The smallest absolute Gasteiger partial charge is 0.307 e. The molecule has 1 rings (SSSR count). The second-order valence-electron chi connectivity index (χ2n) is 2.87. The minimum Gasteiger partial charge on any atom is -0.481 e. The van der Waals surface area contributed by atoms with E-state index >= 15 is 0 Å². The summed E-state index contributed by atoms with van der Waals surface area (Å²) in [6.45, 7) is 3.65. The molecule has 0 unspecified atom stereocenters. The Morgan fingerprint density at radius 1 is 1.29 bits per heavy atom. The van der Waals surface area contributed by atoms with Crippen LogP contribution in [0.5, 0.6) is 0 Å². The Hall–Kier alpha value is -1.83. The molecular weight excluding hydrogens is 176 g/mol. The summed E-state index contributed by atoms with van der Waals surface area (Å²) in [7, 11) is 0. The average molecular weight is 188 g/mol. The predicted molar refractivity (Wildman–Crippen MR) is 57.8 cm³/mol. The maximum Gasteiger partial charge on any atom is 0.307 e. The van der Waals surface area contributed by atoms with Crippen LogP contribution in [-0.4, -0.2) is 11.1 Å². The van der Waals surface area contributed by atoms with Crippen LogP contribution in [0.25, 0.3) is 12.2 Å². The molecule has 1 aromatic rings. The van der Waals surface area contributed by atoms with Crippen molar-refractivity contribution in [2.24, 2.45) is 0 Å². The van der Waals surface area contributed by atoms with Crippen LogP contribution in [0, 0.1) is 0 Å². The number of carboxylic acids is 1. The molecule has 0 aliphatic heterocycles. The van der Waals surface area contributed by atoms with Crippen LogP contribution in [0.1, 0.15) is 17.5 Å². The zero-order chi connectivity index (χ0) is 10.4. The molecule has 0 aliphatic rings. The first kappa shape index (κ1) is 10.3. The van der Waals surface area contributed by atoms with Gasteiger partial charge in [0.05, 0.1) is 6.42 Å². The van der Waals surface area contributed by atoms with Crippen molar-refractivity contribution in [3.63, 3.8) is 0 Å². The lowest BCUT2D eigenvalue weighted by atomic mass is 10.1. The summed E-state index contributed by atoms with van der Waals surface area (Å²) in [5.74, 6) is -0.816. The van der Waals surface area contributed by atoms with Gasteiger partial charge in [-0.3, -0.25) is 4.79 Å². The van der Waals surface area contributed by atoms with Gasteiger partial charge in [0.1, 0.15) is 0 Å². The van der Waals surface area contributed by atoms with Crippen LogP contribution >= 0.6 is 0 Å². The molecule has 0 saturated carbocycles. The lowest BCUT2D eigenvalue weighted by Gasteiger charge is -1.94. The molecule has 0 amide bonds. The van der Waals surface area contributed by atoms with E-state index in [-0.39, 0.29) is 6.42 Å². The lowest BCUT2D eigenvalue weighted by Crippen LogP contribution is -1.89. The molecule has 72 valence electrons. The van der Waals surface area contributed by atoms with E-state index in [9.17, 15) is 4.79 Å². The van der Waals surface area contributed by atoms with Crippen molar-refractivity contribution in [2.45, 2.75) is 6.42 Å². The third-order valence-corrected chi connectivity index (χ3v) is 1.77. The molecule has 14 heavy (non-hydrogen) atoms. The van der Waals surface area contributed by atoms with Crippen molar-refractivity contribution in [3.8, 4) is 0 Å². The maximum atomic E-state index is 10.2. The molecule has 1 aromatic carbocycles. The lowest BCUT2D eigenvalue weighted by molar-refractivity contribution is -0.135. The van der Waals surface area contributed by atoms with Gasteiger partial charge in [-0.15, -0.1) is 0 Å². The van der Waals surface area contributed by atoms with Gasteiger partial charge in [0.2, 0.25) is 0 Å². The zero-order valence-electron chi connectivity index (χ0n) is 7.81. The minimum absolute atomic E-state index is 0.0587. The number of aliphatic carboxylic acids is 1. The fourth-order valence-electron chi connectivity index (χ4n) is 1.04. The Balaban J connectivity index is 2.63. The number of carbonyl (C=O) groups is 1. The molecular formula is C12H12O2. The summed E-state index contributed by atoms with van der Waals surface area (Å²) in [5.41, 5.74) is 2.05. The predicted octanol–water partition coefficient (Wildman–Crippen LogP) is 2.82. The first-order chi connectivity index (χ1) is 6.72. The van der Waals surface area contributed by atoms with Crippen molar-refractivity contribution >= 4 is 18.1 Å². The Labute approximate surface area is 83.2 Å². The highest BCUT2D eigenvalue weighted by Crippen LogP contribution is 2.07. The van der Waals surface area contributed by atoms with Crippen LogP contribution in [0.4, 0.5) is 0 Å². The third kappa shape index (κ3) is 3.27. The molecule has 2 heteroatoms. The molecule has 0 aromatic heterocycles. The summed E-state index contributed by atoms with van der Waals surface area (Å²) in [4.78, 5) is 10.2. The van der Waals surface area contributed by atoms with E-state index in [0.29, 0.717) is 0 Å². The first-order valence-corrected chi connectivity index (χ1v) is 4.33. The standard InChI is InChI=1S/C12H12O2/c1-2-10-6-8-11(9-7-10)4-3-5-12(13)14/h2-4,6-9H,1,5H2,(H,13,14). The van der Waals surface area contributed by atoms with E-state index in [0.717, 1.165) is 11.1 Å². The molecule has 0 fully saturated rings. The van der Waals surface area contributed by atoms with Crippen molar-refractivity contribution in [1.29, 1.82) is 0 Å². The summed E-state index contributed by atoms with van der Waals surface area (Å²) in [6, 6.07) is 7.73. The Morgan fingerprint density at radius 3 is 2.36 bits per heavy atom. The van der Waals surface area contributed by atoms with Crippen LogP contribution in [0.3, 0.4) is 0 Å². The summed E-state index contributed by atoms with van der Waals surface area (Å²) in [6.07, 6.45) is 5.25. The first-order valence-electron chi connectivity index (χ1n) is 4.33. The van der Waals surface area contributed by atoms with Gasteiger partial charge in [-0.05, 0) is 11.1 Å². The fraction of sp³-hybridized carbons (Fsp3) is 0.0833. The Bertz CT molecular complexity index is 347. The van der Waals surface area contributed by atoms with Gasteiger partial charge in [-0.1, -0.05) is 49.1 Å². The molecule has 1 N–H and O–H groups in total. The monoisotopic (exact) mass is 188 g/mol. The Kier molecular flexibility index (Phi) is 3.68. The summed E-state index contributed by atoms with van der Waals surface area (Å²) >= 11 is 0. The van der Waals surface area contributed by atoms with Gasteiger partial charge in [0.25, 0.3) is 0 Å². The van der Waals surface area contributed by atoms with Crippen LogP contribution in [-0.2, 0) is 4.79 Å². The number of hydrogen-bond donors (Lipinski definition) is 1. The van der Waals surface area contributed by atoms with Crippen LogP contribution in [0.15, 0.2) is 36.9 Å². The van der Waals surface area contributed by atoms with Gasteiger partial charge in [-0.2, -0.15) is 0 Å². The van der Waals surface area contributed by atoms with Crippen LogP contribution in [0.2, 0.25) is 0 Å². The quantitative estimate of drug-likeness (QED) is 0.788. The molecule has 0 aliphatic carbocycles. The van der Waals surface area contributed by atoms with E-state index in [1.54, 1.807) is 18.2 Å². The summed E-state index contributed by atoms with van der Waals surface area (Å²) < 4.78 is 0. The number of hydrogen-bond acceptors (Lipinski definition) is 1. The van der Waals surface area contributed by atoms with Gasteiger partial charge >= 0.3 is 5.97 Å². The highest BCUT2D eigenvalue weighted by atomic mass is 16.4. The van der Waals surface area contributed by atoms with Crippen molar-refractivity contribution in [2.75, 3.05) is 0 Å². The van der Waals surface area contributed by atoms with Crippen molar-refractivity contribution in [3.05, 3.63) is 48.0 Å². The SMILES string of the molecule is C=Cc1ccc(C=CCC(=O)O)cc1. The topological polar surface area (TPSA) is 37.3 Å².